The SMILES string of the molecule is COc1cc(C[C@@H](O)CCc2ccccc2)oc(=O)c1. The van der Waals surface area contributed by atoms with E-state index in [1.165, 1.54) is 18.7 Å². The van der Waals surface area contributed by atoms with Gasteiger partial charge in [0, 0.05) is 12.5 Å². The van der Waals surface area contributed by atoms with Crippen molar-refractivity contribution in [2.45, 2.75) is 25.4 Å². The monoisotopic (exact) mass is 274 g/mol. The summed E-state index contributed by atoms with van der Waals surface area (Å²) in [6.45, 7) is 0. The van der Waals surface area contributed by atoms with Gasteiger partial charge < -0.3 is 14.3 Å². The van der Waals surface area contributed by atoms with Crippen molar-refractivity contribution in [3.8, 4) is 5.75 Å². The van der Waals surface area contributed by atoms with Crippen molar-refractivity contribution in [2.24, 2.45) is 0 Å². The fraction of sp³-hybridized carbons (Fsp3) is 0.312. The molecule has 0 saturated heterocycles. The highest BCUT2D eigenvalue weighted by Gasteiger charge is 2.10. The number of ether oxygens (including phenoxy) is 1. The first-order chi connectivity index (χ1) is 9.67. The summed E-state index contributed by atoms with van der Waals surface area (Å²) in [4.78, 5) is 11.3. The minimum absolute atomic E-state index is 0.305. The van der Waals surface area contributed by atoms with Crippen LogP contribution < -0.4 is 10.4 Å². The van der Waals surface area contributed by atoms with Crippen molar-refractivity contribution in [1.29, 1.82) is 0 Å². The van der Waals surface area contributed by atoms with Crippen LogP contribution in [0.2, 0.25) is 0 Å². The van der Waals surface area contributed by atoms with E-state index in [2.05, 4.69) is 0 Å². The Morgan fingerprint density at radius 3 is 2.70 bits per heavy atom. The molecule has 4 heteroatoms. The van der Waals surface area contributed by atoms with Crippen LogP contribution in [0, 0.1) is 0 Å². The molecule has 1 aromatic carbocycles. The van der Waals surface area contributed by atoms with Gasteiger partial charge in [-0.3, -0.25) is 0 Å². The molecule has 0 aliphatic rings. The number of benzene rings is 1. The van der Waals surface area contributed by atoms with Crippen molar-refractivity contribution in [3.63, 3.8) is 0 Å². The molecule has 0 saturated carbocycles. The standard InChI is InChI=1S/C16H18O4/c1-19-14-10-15(20-16(18)11-14)9-13(17)8-7-12-5-3-2-4-6-12/h2-6,10-11,13,17H,7-9H2,1H3/t13-/m0/s1. The smallest absolute Gasteiger partial charge is 0.339 e. The van der Waals surface area contributed by atoms with Gasteiger partial charge in [-0.2, -0.15) is 0 Å². The highest BCUT2D eigenvalue weighted by Crippen LogP contribution is 2.13. The van der Waals surface area contributed by atoms with E-state index in [9.17, 15) is 9.90 Å². The Bertz CT molecular complexity index is 589. The molecule has 1 atom stereocenters. The molecule has 0 fully saturated rings. The summed E-state index contributed by atoms with van der Waals surface area (Å²) < 4.78 is 10.1. The maximum Gasteiger partial charge on any atom is 0.339 e. The number of aryl methyl sites for hydroxylation is 1. The van der Waals surface area contributed by atoms with E-state index >= 15 is 0 Å². The van der Waals surface area contributed by atoms with E-state index in [-0.39, 0.29) is 0 Å². The molecule has 0 bridgehead atoms. The number of methoxy groups -OCH3 is 1. The average Bonchev–Trinajstić information content (AvgIpc) is 2.45. The Morgan fingerprint density at radius 2 is 2.00 bits per heavy atom. The second kappa shape index (κ2) is 6.91. The van der Waals surface area contributed by atoms with Crippen LogP contribution in [0.5, 0.6) is 5.75 Å². The number of aliphatic hydroxyl groups excluding tert-OH is 1. The number of aliphatic hydroxyl groups is 1. The quantitative estimate of drug-likeness (QED) is 0.877. The predicted octanol–water partition coefficient (Wildman–Crippen LogP) is 2.18. The van der Waals surface area contributed by atoms with Crippen molar-refractivity contribution < 1.29 is 14.3 Å². The van der Waals surface area contributed by atoms with Gasteiger partial charge in [0.2, 0.25) is 0 Å². The van der Waals surface area contributed by atoms with Crippen LogP contribution in [0.4, 0.5) is 0 Å². The van der Waals surface area contributed by atoms with Crippen LogP contribution >= 0.6 is 0 Å². The summed E-state index contributed by atoms with van der Waals surface area (Å²) in [6.07, 6.45) is 1.16. The predicted molar refractivity (Wildman–Crippen MR) is 76.0 cm³/mol. The van der Waals surface area contributed by atoms with E-state index < -0.39 is 11.7 Å². The molecule has 0 radical (unpaired) electrons. The van der Waals surface area contributed by atoms with Crippen LogP contribution in [0.3, 0.4) is 0 Å². The van der Waals surface area contributed by atoms with Crippen LogP contribution in [-0.4, -0.2) is 18.3 Å². The van der Waals surface area contributed by atoms with Gasteiger partial charge in [-0.05, 0) is 18.4 Å². The third-order valence-electron chi connectivity index (χ3n) is 3.08. The molecule has 1 N–H and O–H groups in total. The maximum atomic E-state index is 11.3. The summed E-state index contributed by atoms with van der Waals surface area (Å²) >= 11 is 0. The first-order valence-electron chi connectivity index (χ1n) is 6.57. The van der Waals surface area contributed by atoms with Crippen molar-refractivity contribution in [1.82, 2.24) is 0 Å². The molecule has 4 nitrogen and oxygen atoms in total. The van der Waals surface area contributed by atoms with Gasteiger partial charge in [0.25, 0.3) is 0 Å². The summed E-state index contributed by atoms with van der Waals surface area (Å²) in [5.41, 5.74) is 0.716. The lowest BCUT2D eigenvalue weighted by Crippen LogP contribution is -2.13. The van der Waals surface area contributed by atoms with Crippen molar-refractivity contribution >= 4 is 0 Å². The topological polar surface area (TPSA) is 59.7 Å². The first kappa shape index (κ1) is 14.3. The van der Waals surface area contributed by atoms with E-state index in [0.717, 1.165) is 6.42 Å². The summed E-state index contributed by atoms with van der Waals surface area (Å²) in [5.74, 6) is 0.890. The van der Waals surface area contributed by atoms with Crippen molar-refractivity contribution in [3.05, 3.63) is 64.2 Å². The molecular weight excluding hydrogens is 256 g/mol. The van der Waals surface area contributed by atoms with E-state index in [4.69, 9.17) is 9.15 Å². The van der Waals surface area contributed by atoms with Crippen LogP contribution in [-0.2, 0) is 12.8 Å². The van der Waals surface area contributed by atoms with E-state index in [0.29, 0.717) is 24.4 Å². The zero-order chi connectivity index (χ0) is 14.4. The average molecular weight is 274 g/mol. The van der Waals surface area contributed by atoms with E-state index in [1.54, 1.807) is 6.07 Å². The zero-order valence-corrected chi connectivity index (χ0v) is 11.4. The molecule has 0 spiro atoms. The zero-order valence-electron chi connectivity index (χ0n) is 11.4. The Hall–Kier alpha value is -2.07. The van der Waals surface area contributed by atoms with Gasteiger partial charge in [-0.25, -0.2) is 4.79 Å². The lowest BCUT2D eigenvalue weighted by molar-refractivity contribution is 0.156. The lowest BCUT2D eigenvalue weighted by Gasteiger charge is -2.10. The third-order valence-corrected chi connectivity index (χ3v) is 3.08. The lowest BCUT2D eigenvalue weighted by atomic mass is 10.0. The molecule has 106 valence electrons. The maximum absolute atomic E-state index is 11.3. The van der Waals surface area contributed by atoms with Crippen LogP contribution in [0.15, 0.2) is 51.7 Å². The molecule has 0 aliphatic heterocycles. The fourth-order valence-corrected chi connectivity index (χ4v) is 2.04. The highest BCUT2D eigenvalue weighted by molar-refractivity contribution is 5.21. The van der Waals surface area contributed by atoms with Crippen LogP contribution in [0.25, 0.3) is 0 Å². The van der Waals surface area contributed by atoms with Gasteiger partial charge >= 0.3 is 5.63 Å². The Labute approximate surface area is 117 Å². The Kier molecular flexibility index (Phi) is 4.96. The summed E-state index contributed by atoms with van der Waals surface area (Å²) in [7, 11) is 1.49. The first-order valence-corrected chi connectivity index (χ1v) is 6.57. The normalized spacial score (nSPS) is 12.1. The molecular formula is C16H18O4. The molecule has 1 aromatic heterocycles. The van der Waals surface area contributed by atoms with Crippen LogP contribution in [0.1, 0.15) is 17.7 Å². The third kappa shape index (κ3) is 4.24. The number of hydrogen-bond acceptors (Lipinski definition) is 4. The van der Waals surface area contributed by atoms with Gasteiger partial charge in [-0.15, -0.1) is 0 Å². The van der Waals surface area contributed by atoms with Gasteiger partial charge in [0.05, 0.1) is 19.3 Å². The summed E-state index contributed by atoms with van der Waals surface area (Å²) in [5, 5.41) is 10.0. The Morgan fingerprint density at radius 1 is 1.25 bits per heavy atom. The largest absolute Gasteiger partial charge is 0.496 e. The van der Waals surface area contributed by atoms with Crippen molar-refractivity contribution in [2.75, 3.05) is 7.11 Å². The van der Waals surface area contributed by atoms with Gasteiger partial charge in [0.15, 0.2) is 0 Å². The van der Waals surface area contributed by atoms with Gasteiger partial charge in [0.1, 0.15) is 11.5 Å². The van der Waals surface area contributed by atoms with E-state index in [1.807, 2.05) is 30.3 Å². The fourth-order valence-electron chi connectivity index (χ4n) is 2.04. The summed E-state index contributed by atoms with van der Waals surface area (Å²) in [6, 6.07) is 12.9. The molecule has 0 amide bonds. The number of hydrogen-bond donors (Lipinski definition) is 1. The molecule has 2 aromatic rings. The molecule has 0 unspecified atom stereocenters. The minimum atomic E-state index is -0.550. The second-order valence-electron chi connectivity index (χ2n) is 4.66. The molecule has 20 heavy (non-hydrogen) atoms. The minimum Gasteiger partial charge on any atom is -0.496 e. The number of rotatable bonds is 6. The second-order valence-corrected chi connectivity index (χ2v) is 4.66. The highest BCUT2D eigenvalue weighted by atomic mass is 16.5. The molecule has 2 rings (SSSR count). The van der Waals surface area contributed by atoms with Gasteiger partial charge in [-0.1, -0.05) is 30.3 Å². The molecule has 0 aliphatic carbocycles. The molecule has 1 heterocycles. The Balaban J connectivity index is 1.92.